The molecule has 2 atom stereocenters. The molecule has 1 rings (SSSR count). The van der Waals surface area contributed by atoms with Crippen LogP contribution in [0.25, 0.3) is 0 Å². The van der Waals surface area contributed by atoms with Crippen LogP contribution in [0.15, 0.2) is 0 Å². The zero-order valence-electron chi connectivity index (χ0n) is 5.81. The monoisotopic (exact) mass is 168 g/mol. The molecule has 0 amide bonds. The lowest BCUT2D eigenvalue weighted by Crippen LogP contribution is -2.15. The molecule has 0 aromatic heterocycles. The molecular formula is C6H7F3O2. The third-order valence-corrected chi connectivity index (χ3v) is 1.47. The lowest BCUT2D eigenvalue weighted by atomic mass is 10.4. The maximum absolute atomic E-state index is 11.7. The summed E-state index contributed by atoms with van der Waals surface area (Å²) in [6.07, 6.45) is -5.21. The van der Waals surface area contributed by atoms with E-state index in [1.54, 1.807) is 0 Å². The first-order valence-electron chi connectivity index (χ1n) is 3.15. The van der Waals surface area contributed by atoms with Crippen LogP contribution in [-0.2, 0) is 9.53 Å². The van der Waals surface area contributed by atoms with E-state index in [1.165, 1.54) is 0 Å². The van der Waals surface area contributed by atoms with E-state index in [1.807, 2.05) is 0 Å². The Morgan fingerprint density at radius 2 is 2.09 bits per heavy atom. The maximum Gasteiger partial charge on any atom is 0.395 e. The number of hydrogen-bond donors (Lipinski definition) is 0. The van der Waals surface area contributed by atoms with Gasteiger partial charge in [-0.3, -0.25) is 4.79 Å². The van der Waals surface area contributed by atoms with Crippen LogP contribution in [0.3, 0.4) is 0 Å². The molecule has 0 heterocycles. The highest BCUT2D eigenvalue weighted by Crippen LogP contribution is 2.46. The normalized spacial score (nSPS) is 29.8. The van der Waals surface area contributed by atoms with Crippen molar-refractivity contribution in [3.8, 4) is 0 Å². The summed E-state index contributed by atoms with van der Waals surface area (Å²) < 4.78 is 39.6. The summed E-state index contributed by atoms with van der Waals surface area (Å²) in [6, 6.07) is 0. The summed E-state index contributed by atoms with van der Waals surface area (Å²) in [4.78, 5) is 10.2. The van der Waals surface area contributed by atoms with Gasteiger partial charge in [-0.1, -0.05) is 0 Å². The Bertz CT molecular complexity index is 175. The highest BCUT2D eigenvalue weighted by Gasteiger charge is 2.58. The number of esters is 1. The van der Waals surface area contributed by atoms with Gasteiger partial charge in [-0.05, 0) is 6.42 Å². The van der Waals surface area contributed by atoms with Gasteiger partial charge in [-0.15, -0.1) is 0 Å². The Labute approximate surface area is 61.3 Å². The van der Waals surface area contributed by atoms with E-state index in [-0.39, 0.29) is 6.42 Å². The number of carbonyl (C=O) groups is 1. The van der Waals surface area contributed by atoms with Crippen LogP contribution >= 0.6 is 0 Å². The molecule has 1 fully saturated rings. The zero-order chi connectivity index (χ0) is 8.65. The second-order valence-electron chi connectivity index (χ2n) is 2.53. The molecule has 1 aliphatic carbocycles. The zero-order valence-corrected chi connectivity index (χ0v) is 5.81. The number of ether oxygens (including phenoxy) is 1. The number of carbonyl (C=O) groups excluding carboxylic acids is 1. The van der Waals surface area contributed by atoms with Gasteiger partial charge in [-0.2, -0.15) is 13.2 Å². The van der Waals surface area contributed by atoms with Crippen molar-refractivity contribution in [3.05, 3.63) is 0 Å². The van der Waals surface area contributed by atoms with Crippen LogP contribution in [0.1, 0.15) is 13.3 Å². The highest BCUT2D eigenvalue weighted by atomic mass is 19.4. The summed E-state index contributed by atoms with van der Waals surface area (Å²) in [7, 11) is 0. The van der Waals surface area contributed by atoms with Crippen LogP contribution in [0, 0.1) is 5.92 Å². The quantitative estimate of drug-likeness (QED) is 0.554. The van der Waals surface area contributed by atoms with Gasteiger partial charge < -0.3 is 4.74 Å². The minimum atomic E-state index is -4.21. The fourth-order valence-corrected chi connectivity index (χ4v) is 0.860. The van der Waals surface area contributed by atoms with Gasteiger partial charge in [-0.25, -0.2) is 0 Å². The lowest BCUT2D eigenvalue weighted by molar-refractivity contribution is -0.163. The Kier molecular flexibility index (Phi) is 1.82. The van der Waals surface area contributed by atoms with Crippen molar-refractivity contribution in [1.29, 1.82) is 0 Å². The molecule has 1 aliphatic rings. The number of alkyl halides is 3. The second-order valence-corrected chi connectivity index (χ2v) is 2.53. The van der Waals surface area contributed by atoms with E-state index < -0.39 is 24.2 Å². The van der Waals surface area contributed by atoms with Gasteiger partial charge in [0, 0.05) is 6.92 Å². The van der Waals surface area contributed by atoms with Crippen molar-refractivity contribution in [2.24, 2.45) is 5.92 Å². The number of hydrogen-bond acceptors (Lipinski definition) is 2. The first-order chi connectivity index (χ1) is 4.91. The van der Waals surface area contributed by atoms with E-state index in [4.69, 9.17) is 0 Å². The first kappa shape index (κ1) is 8.36. The molecule has 1 saturated carbocycles. The van der Waals surface area contributed by atoms with Crippen molar-refractivity contribution in [2.45, 2.75) is 25.6 Å². The third kappa shape index (κ3) is 2.10. The van der Waals surface area contributed by atoms with Gasteiger partial charge in [0.1, 0.15) is 6.10 Å². The number of rotatable bonds is 1. The molecule has 0 unspecified atom stereocenters. The molecule has 0 saturated heterocycles. The average Bonchev–Trinajstić information content (AvgIpc) is 2.40. The lowest BCUT2D eigenvalue weighted by Gasteiger charge is -2.04. The SMILES string of the molecule is CC(=O)O[C@H]1C[C@@H]1C(F)(F)F. The van der Waals surface area contributed by atoms with Crippen molar-refractivity contribution in [2.75, 3.05) is 0 Å². The van der Waals surface area contributed by atoms with Crippen LogP contribution < -0.4 is 0 Å². The smallest absolute Gasteiger partial charge is 0.395 e. The van der Waals surface area contributed by atoms with Gasteiger partial charge in [0.05, 0.1) is 5.92 Å². The van der Waals surface area contributed by atoms with E-state index >= 15 is 0 Å². The third-order valence-electron chi connectivity index (χ3n) is 1.47. The average molecular weight is 168 g/mol. The van der Waals surface area contributed by atoms with E-state index in [9.17, 15) is 18.0 Å². The molecule has 0 aromatic rings. The van der Waals surface area contributed by atoms with Crippen LogP contribution in [0.4, 0.5) is 13.2 Å². The molecule has 64 valence electrons. The Hall–Kier alpha value is -0.740. The molecule has 0 aliphatic heterocycles. The molecular weight excluding hydrogens is 161 g/mol. The minimum absolute atomic E-state index is 0.0803. The largest absolute Gasteiger partial charge is 0.462 e. The minimum Gasteiger partial charge on any atom is -0.462 e. The van der Waals surface area contributed by atoms with Gasteiger partial charge in [0.2, 0.25) is 0 Å². The summed E-state index contributed by atoms with van der Waals surface area (Å²) in [5.74, 6) is -2.08. The molecule has 0 radical (unpaired) electrons. The molecule has 0 bridgehead atoms. The molecule has 0 N–H and O–H groups in total. The molecule has 0 spiro atoms. The first-order valence-corrected chi connectivity index (χ1v) is 3.15. The Morgan fingerprint density at radius 1 is 1.55 bits per heavy atom. The van der Waals surface area contributed by atoms with E-state index in [2.05, 4.69) is 4.74 Å². The molecule has 5 heteroatoms. The topological polar surface area (TPSA) is 26.3 Å². The van der Waals surface area contributed by atoms with Crippen LogP contribution in [0.5, 0.6) is 0 Å². The molecule has 0 aromatic carbocycles. The fraction of sp³-hybridized carbons (Fsp3) is 0.833. The van der Waals surface area contributed by atoms with Crippen molar-refractivity contribution in [3.63, 3.8) is 0 Å². The van der Waals surface area contributed by atoms with Crippen molar-refractivity contribution < 1.29 is 22.7 Å². The summed E-state index contributed by atoms with van der Waals surface area (Å²) >= 11 is 0. The van der Waals surface area contributed by atoms with Gasteiger partial charge in [0.15, 0.2) is 0 Å². The molecule has 11 heavy (non-hydrogen) atoms. The maximum atomic E-state index is 11.7. The Morgan fingerprint density at radius 3 is 2.36 bits per heavy atom. The standard InChI is InChI=1S/C6H7F3O2/c1-3(10)11-5-2-4(5)6(7,8)9/h4-5H,2H2,1H3/t4-,5-/m0/s1. The summed E-state index contributed by atoms with van der Waals surface area (Å²) in [5.41, 5.74) is 0. The summed E-state index contributed by atoms with van der Waals surface area (Å²) in [5, 5.41) is 0. The van der Waals surface area contributed by atoms with Crippen molar-refractivity contribution in [1.82, 2.24) is 0 Å². The number of halogens is 3. The van der Waals surface area contributed by atoms with Crippen LogP contribution in [0.2, 0.25) is 0 Å². The predicted octanol–water partition coefficient (Wildman–Crippen LogP) is 1.50. The predicted molar refractivity (Wildman–Crippen MR) is 29.7 cm³/mol. The summed E-state index contributed by atoms with van der Waals surface area (Å²) in [6.45, 7) is 1.10. The van der Waals surface area contributed by atoms with Gasteiger partial charge in [0.25, 0.3) is 0 Å². The fourth-order valence-electron chi connectivity index (χ4n) is 0.860. The van der Waals surface area contributed by atoms with Crippen molar-refractivity contribution >= 4 is 5.97 Å². The Balaban J connectivity index is 2.32. The van der Waals surface area contributed by atoms with E-state index in [0.717, 1.165) is 6.92 Å². The molecule has 2 nitrogen and oxygen atoms in total. The highest BCUT2D eigenvalue weighted by molar-refractivity contribution is 5.66. The second kappa shape index (κ2) is 2.39. The van der Waals surface area contributed by atoms with E-state index in [0.29, 0.717) is 0 Å². The van der Waals surface area contributed by atoms with Crippen LogP contribution in [-0.4, -0.2) is 18.2 Å². The van der Waals surface area contributed by atoms with Gasteiger partial charge >= 0.3 is 12.1 Å².